The van der Waals surface area contributed by atoms with Crippen LogP contribution in [0.2, 0.25) is 0 Å². The highest BCUT2D eigenvalue weighted by atomic mass is 32.2. The summed E-state index contributed by atoms with van der Waals surface area (Å²) in [5, 5.41) is 12.3. The van der Waals surface area contributed by atoms with Gasteiger partial charge in [0.1, 0.15) is 12.4 Å². The third-order valence-corrected chi connectivity index (χ3v) is 6.50. The van der Waals surface area contributed by atoms with Gasteiger partial charge in [0.15, 0.2) is 0 Å². The van der Waals surface area contributed by atoms with Crippen LogP contribution in [0.1, 0.15) is 41.6 Å². The van der Waals surface area contributed by atoms with Crippen LogP contribution in [0.3, 0.4) is 0 Å². The molecule has 2 aromatic rings. The Kier molecular flexibility index (Phi) is 15.2. The van der Waals surface area contributed by atoms with E-state index in [4.69, 9.17) is 15.2 Å². The first-order chi connectivity index (χ1) is 18.5. The van der Waals surface area contributed by atoms with Gasteiger partial charge < -0.3 is 31.2 Å². The highest BCUT2D eigenvalue weighted by Crippen LogP contribution is 2.26. The lowest BCUT2D eigenvalue weighted by molar-refractivity contribution is 0.0601. The van der Waals surface area contributed by atoms with Crippen LogP contribution in [-0.4, -0.2) is 64.7 Å². The van der Waals surface area contributed by atoms with Gasteiger partial charge in [0.05, 0.1) is 24.0 Å². The molecule has 11 heteroatoms. The zero-order valence-electron chi connectivity index (χ0n) is 22.2. The van der Waals surface area contributed by atoms with Crippen molar-refractivity contribution in [3.8, 4) is 0 Å². The number of carbonyl (C=O) groups is 2. The Morgan fingerprint density at radius 3 is 2.32 bits per heavy atom. The molecule has 0 atom stereocenters. The molecule has 0 fully saturated rings. The first-order valence-corrected chi connectivity index (χ1v) is 14.1. The summed E-state index contributed by atoms with van der Waals surface area (Å²) >= 11 is 1.55. The monoisotopic (exact) mass is 549 g/mol. The third kappa shape index (κ3) is 11.3. The maximum absolute atomic E-state index is 14.7. The minimum atomic E-state index is -0.766. The molecule has 38 heavy (non-hydrogen) atoms. The topological polar surface area (TPSA) is 127 Å². The molecular weight excluding hydrogens is 509 g/mol. The predicted octanol–water partition coefficient (Wildman–Crippen LogP) is 4.19. The van der Waals surface area contributed by atoms with Crippen molar-refractivity contribution >= 4 is 35.2 Å². The molecule has 0 aliphatic rings. The Hall–Kier alpha value is -2.86. The quantitative estimate of drug-likeness (QED) is 0.106. The summed E-state index contributed by atoms with van der Waals surface area (Å²) in [7, 11) is 1.19. The highest BCUT2D eigenvalue weighted by molar-refractivity contribution is 7.98. The van der Waals surface area contributed by atoms with Gasteiger partial charge in [-0.2, -0.15) is 0 Å². The van der Waals surface area contributed by atoms with E-state index < -0.39 is 17.9 Å². The molecule has 0 aromatic heterocycles. The normalized spacial score (nSPS) is 10.7. The lowest BCUT2D eigenvalue weighted by atomic mass is 10.1. The van der Waals surface area contributed by atoms with Gasteiger partial charge in [-0.3, -0.25) is 5.32 Å². The molecule has 0 unspecified atom stereocenters. The van der Waals surface area contributed by atoms with Crippen molar-refractivity contribution in [3.05, 3.63) is 53.3 Å². The van der Waals surface area contributed by atoms with E-state index >= 15 is 0 Å². The number of methoxy groups -OCH3 is 1. The number of hydrogen-bond acceptors (Lipinski definition) is 9. The van der Waals surface area contributed by atoms with Gasteiger partial charge in [-0.15, -0.1) is 11.8 Å². The fraction of sp³-hybridized carbons (Fsp3) is 0.481. The smallest absolute Gasteiger partial charge is 0.411 e. The third-order valence-electron chi connectivity index (χ3n) is 5.66. The van der Waals surface area contributed by atoms with E-state index in [1.54, 1.807) is 11.8 Å². The number of nitrogens with two attached hydrogens (primary N) is 1. The number of rotatable bonds is 18. The number of anilines is 2. The molecule has 9 nitrogen and oxygen atoms in total. The van der Waals surface area contributed by atoms with Crippen LogP contribution in [0.4, 0.5) is 20.6 Å². The summed E-state index contributed by atoms with van der Waals surface area (Å²) in [5.41, 5.74) is 6.49. The van der Waals surface area contributed by atoms with Crippen molar-refractivity contribution in [2.24, 2.45) is 5.73 Å². The molecule has 6 N–H and O–H groups in total. The molecule has 0 spiro atoms. The fourth-order valence-electron chi connectivity index (χ4n) is 3.62. The van der Waals surface area contributed by atoms with E-state index in [0.717, 1.165) is 68.4 Å². The number of carbonyl (C=O) groups excluding carboxylic acids is 2. The molecule has 2 rings (SSSR count). The maximum Gasteiger partial charge on any atom is 0.411 e. The minimum absolute atomic E-state index is 0.0561. The Morgan fingerprint density at radius 1 is 0.947 bits per heavy atom. The summed E-state index contributed by atoms with van der Waals surface area (Å²) in [5.74, 6) is -1.38. The first-order valence-electron chi connectivity index (χ1n) is 12.8. The molecule has 0 radical (unpaired) electrons. The zero-order chi connectivity index (χ0) is 27.6. The number of benzene rings is 2. The predicted molar refractivity (Wildman–Crippen MR) is 152 cm³/mol. The van der Waals surface area contributed by atoms with E-state index in [-0.39, 0.29) is 23.5 Å². The summed E-state index contributed by atoms with van der Waals surface area (Å²) in [4.78, 5) is 25.7. The van der Waals surface area contributed by atoms with Crippen molar-refractivity contribution in [2.75, 3.05) is 63.3 Å². The molecule has 0 saturated carbocycles. The molecule has 210 valence electrons. The standard InChI is InChI=1S/C27H40FN5O4S/c1-36-26(34)21-17-22(28)24(32-16-8-15-31-13-6-5-12-30-14-7-11-29)18-23(21)33-27(35)37-19-20-9-3-4-10-25(20)38-2/h3-4,9-10,17-18,30-32H,5-8,11-16,19,29H2,1-2H3,(H,33,35). The van der Waals surface area contributed by atoms with E-state index in [0.29, 0.717) is 13.1 Å². The number of halogens is 1. The van der Waals surface area contributed by atoms with Gasteiger partial charge in [-0.05, 0) is 82.9 Å². The molecule has 0 aliphatic heterocycles. The lowest BCUT2D eigenvalue weighted by Gasteiger charge is -2.15. The largest absolute Gasteiger partial charge is 0.465 e. The molecule has 0 saturated heterocycles. The molecule has 2 aromatic carbocycles. The van der Waals surface area contributed by atoms with Crippen LogP contribution in [0.5, 0.6) is 0 Å². The van der Waals surface area contributed by atoms with E-state index in [9.17, 15) is 14.0 Å². The van der Waals surface area contributed by atoms with Gasteiger partial charge in [0.2, 0.25) is 0 Å². The summed E-state index contributed by atoms with van der Waals surface area (Å²) in [6, 6.07) is 10.0. The van der Waals surface area contributed by atoms with Crippen molar-refractivity contribution in [3.63, 3.8) is 0 Å². The maximum atomic E-state index is 14.7. The van der Waals surface area contributed by atoms with Crippen LogP contribution in [0.25, 0.3) is 0 Å². The highest BCUT2D eigenvalue weighted by Gasteiger charge is 2.19. The molecule has 0 heterocycles. The number of hydrogen-bond donors (Lipinski definition) is 5. The van der Waals surface area contributed by atoms with Crippen LogP contribution >= 0.6 is 11.8 Å². The first kappa shape index (κ1) is 31.4. The van der Waals surface area contributed by atoms with Crippen molar-refractivity contribution in [1.82, 2.24) is 10.6 Å². The van der Waals surface area contributed by atoms with Crippen LogP contribution < -0.4 is 27.0 Å². The van der Waals surface area contributed by atoms with Crippen molar-refractivity contribution in [1.29, 1.82) is 0 Å². The second-order valence-electron chi connectivity index (χ2n) is 8.51. The fourth-order valence-corrected chi connectivity index (χ4v) is 4.22. The molecule has 1 amide bonds. The Bertz CT molecular complexity index is 1010. The number of thioether (sulfide) groups is 1. The van der Waals surface area contributed by atoms with Crippen LogP contribution in [-0.2, 0) is 16.1 Å². The van der Waals surface area contributed by atoms with Crippen molar-refractivity contribution in [2.45, 2.75) is 37.2 Å². The second-order valence-corrected chi connectivity index (χ2v) is 9.36. The average molecular weight is 550 g/mol. The average Bonchev–Trinajstić information content (AvgIpc) is 2.93. The number of nitrogens with one attached hydrogen (secondary N) is 4. The minimum Gasteiger partial charge on any atom is -0.465 e. The van der Waals surface area contributed by atoms with Crippen LogP contribution in [0.15, 0.2) is 41.3 Å². The van der Waals surface area contributed by atoms with Gasteiger partial charge in [0, 0.05) is 17.0 Å². The summed E-state index contributed by atoms with van der Waals surface area (Å²) in [6.07, 6.45) is 5.10. The van der Waals surface area contributed by atoms with E-state index in [1.807, 2.05) is 30.5 Å². The zero-order valence-corrected chi connectivity index (χ0v) is 23.1. The van der Waals surface area contributed by atoms with Crippen molar-refractivity contribution < 1.29 is 23.5 Å². The Morgan fingerprint density at radius 2 is 1.63 bits per heavy atom. The summed E-state index contributed by atoms with van der Waals surface area (Å²) in [6.45, 7) is 4.91. The van der Waals surface area contributed by atoms with Crippen LogP contribution in [0, 0.1) is 5.82 Å². The number of unbranched alkanes of at least 4 members (excludes halogenated alkanes) is 1. The molecular formula is C27H40FN5O4S. The Labute approximate surface area is 228 Å². The van der Waals surface area contributed by atoms with Gasteiger partial charge in [-0.25, -0.2) is 14.0 Å². The van der Waals surface area contributed by atoms with Gasteiger partial charge >= 0.3 is 12.1 Å². The van der Waals surface area contributed by atoms with Gasteiger partial charge in [0.25, 0.3) is 0 Å². The van der Waals surface area contributed by atoms with Gasteiger partial charge in [-0.1, -0.05) is 18.2 Å². The van der Waals surface area contributed by atoms with E-state index in [2.05, 4.69) is 21.3 Å². The number of esters is 1. The lowest BCUT2D eigenvalue weighted by Crippen LogP contribution is -2.22. The SMILES string of the molecule is COC(=O)c1cc(F)c(NCCCNCCCCNCCCN)cc1NC(=O)OCc1ccccc1SC. The van der Waals surface area contributed by atoms with E-state index in [1.165, 1.54) is 13.2 Å². The molecule has 0 bridgehead atoms. The number of amides is 1. The molecule has 0 aliphatic carbocycles. The second kappa shape index (κ2) is 18.4. The number of ether oxygens (including phenoxy) is 2. The summed E-state index contributed by atoms with van der Waals surface area (Å²) < 4.78 is 24.8. The Balaban J connectivity index is 1.84.